The predicted molar refractivity (Wildman–Crippen MR) is 79.5 cm³/mol. The Hall–Kier alpha value is -1.36. The van der Waals surface area contributed by atoms with Crippen LogP contribution in [0.3, 0.4) is 0 Å². The van der Waals surface area contributed by atoms with Gasteiger partial charge in [-0.2, -0.15) is 0 Å². The summed E-state index contributed by atoms with van der Waals surface area (Å²) in [6, 6.07) is 7.46. The summed E-state index contributed by atoms with van der Waals surface area (Å²) in [4.78, 5) is 11.8. The second kappa shape index (κ2) is 6.39. The number of nitrogens with one attached hydrogen (secondary N) is 1. The monoisotopic (exact) mass is 295 g/mol. The normalized spacial score (nSPS) is 20.8. The van der Waals surface area contributed by atoms with Crippen molar-refractivity contribution in [1.82, 2.24) is 5.32 Å². The van der Waals surface area contributed by atoms with E-state index in [2.05, 4.69) is 5.32 Å². The largest absolute Gasteiger partial charge is 0.352 e. The fourth-order valence-electron chi connectivity index (χ4n) is 2.50. The summed E-state index contributed by atoms with van der Waals surface area (Å²) in [6.45, 7) is 2.58. The van der Waals surface area contributed by atoms with E-state index in [9.17, 15) is 13.2 Å². The molecule has 0 bridgehead atoms. The molecule has 1 heterocycles. The number of aryl methyl sites for hydroxylation is 1. The first kappa shape index (κ1) is 15.0. The van der Waals surface area contributed by atoms with E-state index in [1.54, 1.807) is 0 Å². The molecule has 1 N–H and O–H groups in total. The summed E-state index contributed by atoms with van der Waals surface area (Å²) in [6.07, 6.45) is 2.47. The van der Waals surface area contributed by atoms with Crippen molar-refractivity contribution in [3.8, 4) is 0 Å². The maximum atomic E-state index is 11.8. The van der Waals surface area contributed by atoms with Gasteiger partial charge in [0.25, 0.3) is 5.91 Å². The SMILES string of the molecule is Cc1ccc(C(=O)NCCCC2CCS(=O)(=O)C2)cc1. The van der Waals surface area contributed by atoms with Crippen LogP contribution in [0.25, 0.3) is 0 Å². The van der Waals surface area contributed by atoms with E-state index in [-0.39, 0.29) is 11.8 Å². The van der Waals surface area contributed by atoms with Crippen LogP contribution < -0.4 is 5.32 Å². The summed E-state index contributed by atoms with van der Waals surface area (Å²) in [7, 11) is -2.78. The van der Waals surface area contributed by atoms with Crippen LogP contribution in [0.1, 0.15) is 35.2 Å². The van der Waals surface area contributed by atoms with E-state index in [0.29, 0.717) is 23.6 Å². The summed E-state index contributed by atoms with van der Waals surface area (Å²) >= 11 is 0. The molecule has 0 spiro atoms. The van der Waals surface area contributed by atoms with Crippen LogP contribution in [-0.4, -0.2) is 32.4 Å². The highest BCUT2D eigenvalue weighted by Crippen LogP contribution is 2.22. The number of carbonyl (C=O) groups is 1. The molecule has 1 atom stereocenters. The first-order valence-corrected chi connectivity index (χ1v) is 8.84. The first-order valence-electron chi connectivity index (χ1n) is 7.01. The Morgan fingerprint density at radius 2 is 2.00 bits per heavy atom. The molecule has 110 valence electrons. The summed E-state index contributed by atoms with van der Waals surface area (Å²) in [5.74, 6) is 0.854. The van der Waals surface area contributed by atoms with Gasteiger partial charge in [0.15, 0.2) is 9.84 Å². The molecule has 4 nitrogen and oxygen atoms in total. The summed E-state index contributed by atoms with van der Waals surface area (Å²) < 4.78 is 22.6. The Balaban J connectivity index is 1.68. The molecule has 20 heavy (non-hydrogen) atoms. The van der Waals surface area contributed by atoms with Crippen molar-refractivity contribution in [2.75, 3.05) is 18.1 Å². The lowest BCUT2D eigenvalue weighted by atomic mass is 10.0. The zero-order valence-electron chi connectivity index (χ0n) is 11.8. The molecular formula is C15H21NO3S. The van der Waals surface area contributed by atoms with E-state index < -0.39 is 9.84 Å². The van der Waals surface area contributed by atoms with Gasteiger partial charge in [0.05, 0.1) is 11.5 Å². The van der Waals surface area contributed by atoms with Gasteiger partial charge in [0.1, 0.15) is 0 Å². The molecule has 5 heteroatoms. The lowest BCUT2D eigenvalue weighted by Gasteiger charge is -2.08. The van der Waals surface area contributed by atoms with E-state index in [1.807, 2.05) is 31.2 Å². The number of amides is 1. The van der Waals surface area contributed by atoms with Crippen molar-refractivity contribution in [1.29, 1.82) is 0 Å². The number of rotatable bonds is 5. The highest BCUT2D eigenvalue weighted by molar-refractivity contribution is 7.91. The van der Waals surface area contributed by atoms with Gasteiger partial charge in [-0.3, -0.25) is 4.79 Å². The van der Waals surface area contributed by atoms with Crippen molar-refractivity contribution < 1.29 is 13.2 Å². The van der Waals surface area contributed by atoms with E-state index in [4.69, 9.17) is 0 Å². The van der Waals surface area contributed by atoms with E-state index >= 15 is 0 Å². The highest BCUT2D eigenvalue weighted by atomic mass is 32.2. The van der Waals surface area contributed by atoms with Gasteiger partial charge in [0, 0.05) is 12.1 Å². The number of hydrogen-bond acceptors (Lipinski definition) is 3. The van der Waals surface area contributed by atoms with Gasteiger partial charge >= 0.3 is 0 Å². The van der Waals surface area contributed by atoms with E-state index in [1.165, 1.54) is 0 Å². The second-order valence-electron chi connectivity index (χ2n) is 5.53. The molecule has 1 aromatic rings. The van der Waals surface area contributed by atoms with Crippen LogP contribution in [-0.2, 0) is 9.84 Å². The van der Waals surface area contributed by atoms with Crippen LogP contribution >= 0.6 is 0 Å². The minimum Gasteiger partial charge on any atom is -0.352 e. The van der Waals surface area contributed by atoms with Gasteiger partial charge in [-0.25, -0.2) is 8.42 Å². The molecule has 2 rings (SSSR count). The van der Waals surface area contributed by atoms with Crippen molar-refractivity contribution in [3.63, 3.8) is 0 Å². The lowest BCUT2D eigenvalue weighted by molar-refractivity contribution is 0.0952. The van der Waals surface area contributed by atoms with Crippen LogP contribution in [0.5, 0.6) is 0 Å². The maximum absolute atomic E-state index is 11.8. The Labute approximate surface area is 120 Å². The molecule has 1 aromatic carbocycles. The number of benzene rings is 1. The molecule has 0 aliphatic carbocycles. The van der Waals surface area contributed by atoms with Crippen LogP contribution in [0, 0.1) is 12.8 Å². The number of carbonyl (C=O) groups excluding carboxylic acids is 1. The quantitative estimate of drug-likeness (QED) is 0.844. The predicted octanol–water partition coefficient (Wildman–Crippen LogP) is 1.94. The Morgan fingerprint density at radius 1 is 1.30 bits per heavy atom. The van der Waals surface area contributed by atoms with Crippen molar-refractivity contribution in [2.24, 2.45) is 5.92 Å². The highest BCUT2D eigenvalue weighted by Gasteiger charge is 2.27. The average molecular weight is 295 g/mol. The molecule has 1 fully saturated rings. The van der Waals surface area contributed by atoms with Gasteiger partial charge in [-0.05, 0) is 44.2 Å². The third kappa shape index (κ3) is 4.34. The Morgan fingerprint density at radius 3 is 2.60 bits per heavy atom. The van der Waals surface area contributed by atoms with Gasteiger partial charge in [-0.15, -0.1) is 0 Å². The Kier molecular flexibility index (Phi) is 4.81. The molecule has 0 radical (unpaired) electrons. The third-order valence-electron chi connectivity index (χ3n) is 3.72. The second-order valence-corrected chi connectivity index (χ2v) is 7.76. The number of hydrogen-bond donors (Lipinski definition) is 1. The average Bonchev–Trinajstić information content (AvgIpc) is 2.75. The molecule has 1 aliphatic rings. The summed E-state index contributed by atoms with van der Waals surface area (Å²) in [5.41, 5.74) is 1.79. The minimum absolute atomic E-state index is 0.0657. The molecule has 1 unspecified atom stereocenters. The van der Waals surface area contributed by atoms with Crippen molar-refractivity contribution in [3.05, 3.63) is 35.4 Å². The van der Waals surface area contributed by atoms with Crippen LogP contribution in [0.15, 0.2) is 24.3 Å². The van der Waals surface area contributed by atoms with Crippen LogP contribution in [0.4, 0.5) is 0 Å². The fraction of sp³-hybridized carbons (Fsp3) is 0.533. The standard InChI is InChI=1S/C15H21NO3S/c1-12-4-6-14(7-5-12)15(17)16-9-2-3-13-8-10-20(18,19)11-13/h4-7,13H,2-3,8-11H2,1H3,(H,16,17). The maximum Gasteiger partial charge on any atom is 0.251 e. The van der Waals surface area contributed by atoms with E-state index in [0.717, 1.165) is 24.8 Å². The smallest absolute Gasteiger partial charge is 0.251 e. The zero-order chi connectivity index (χ0) is 14.6. The van der Waals surface area contributed by atoms with Gasteiger partial charge in [-0.1, -0.05) is 17.7 Å². The summed E-state index contributed by atoms with van der Waals surface area (Å²) in [5, 5.41) is 2.87. The number of sulfone groups is 1. The molecule has 1 aliphatic heterocycles. The lowest BCUT2D eigenvalue weighted by Crippen LogP contribution is -2.24. The topological polar surface area (TPSA) is 63.2 Å². The van der Waals surface area contributed by atoms with Crippen LogP contribution in [0.2, 0.25) is 0 Å². The van der Waals surface area contributed by atoms with Crippen molar-refractivity contribution in [2.45, 2.75) is 26.2 Å². The first-order chi connectivity index (χ1) is 9.46. The minimum atomic E-state index is -2.78. The van der Waals surface area contributed by atoms with Gasteiger partial charge in [0.2, 0.25) is 0 Å². The Bertz CT molecular complexity index is 563. The molecule has 0 aromatic heterocycles. The molecule has 0 saturated carbocycles. The van der Waals surface area contributed by atoms with Gasteiger partial charge < -0.3 is 5.32 Å². The third-order valence-corrected chi connectivity index (χ3v) is 5.55. The molecule has 1 amide bonds. The van der Waals surface area contributed by atoms with Crippen molar-refractivity contribution >= 4 is 15.7 Å². The molecule has 1 saturated heterocycles. The fourth-order valence-corrected chi connectivity index (χ4v) is 4.41. The molecular weight excluding hydrogens is 274 g/mol. The zero-order valence-corrected chi connectivity index (χ0v) is 12.6.